The van der Waals surface area contributed by atoms with E-state index >= 15 is 0 Å². The van der Waals surface area contributed by atoms with Crippen LogP contribution < -0.4 is 0 Å². The van der Waals surface area contributed by atoms with Gasteiger partial charge in [-0.2, -0.15) is 4.98 Å². The molecule has 2 saturated heterocycles. The Morgan fingerprint density at radius 3 is 2.72 bits per heavy atom. The summed E-state index contributed by atoms with van der Waals surface area (Å²) in [5.74, 6) is 1.32. The number of hydrogen-bond acceptors (Lipinski definition) is 6. The van der Waals surface area contributed by atoms with Crippen LogP contribution in [0.1, 0.15) is 48.5 Å². The van der Waals surface area contributed by atoms with Crippen molar-refractivity contribution in [3.8, 4) is 0 Å². The highest BCUT2D eigenvalue weighted by Gasteiger charge is 2.33. The molecule has 3 heterocycles. The summed E-state index contributed by atoms with van der Waals surface area (Å²) in [5.41, 5.74) is 0.992. The van der Waals surface area contributed by atoms with E-state index < -0.39 is 6.10 Å². The highest BCUT2D eigenvalue weighted by Crippen LogP contribution is 2.33. The van der Waals surface area contributed by atoms with Gasteiger partial charge >= 0.3 is 0 Å². The first kappa shape index (κ1) is 16.6. The van der Waals surface area contributed by atoms with Gasteiger partial charge in [0, 0.05) is 31.7 Å². The number of β-amino-alcohol motifs (C(OH)–C–C–N with tert-alkyl or cyclic N) is 1. The van der Waals surface area contributed by atoms with Crippen molar-refractivity contribution in [3.63, 3.8) is 0 Å². The maximum Gasteiger partial charge on any atom is 0.229 e. The van der Waals surface area contributed by atoms with Crippen LogP contribution in [0.2, 0.25) is 0 Å². The van der Waals surface area contributed by atoms with Gasteiger partial charge < -0.3 is 14.4 Å². The van der Waals surface area contributed by atoms with E-state index in [0.29, 0.717) is 31.2 Å². The molecule has 1 aromatic heterocycles. The monoisotopic (exact) mass is 347 g/mol. The number of aliphatic hydroxyl groups excluding tert-OH is 1. The summed E-state index contributed by atoms with van der Waals surface area (Å²) in [6.45, 7) is 2.51. The molecule has 0 amide bonds. The van der Waals surface area contributed by atoms with E-state index in [9.17, 15) is 9.50 Å². The lowest BCUT2D eigenvalue weighted by Gasteiger charge is -2.23. The molecule has 0 radical (unpaired) electrons. The summed E-state index contributed by atoms with van der Waals surface area (Å²) in [7, 11) is 0. The Morgan fingerprint density at radius 2 is 1.96 bits per heavy atom. The van der Waals surface area contributed by atoms with Crippen LogP contribution in [0.15, 0.2) is 28.8 Å². The zero-order chi connectivity index (χ0) is 17.2. The van der Waals surface area contributed by atoms with Gasteiger partial charge in [0.25, 0.3) is 0 Å². The molecular weight excluding hydrogens is 325 g/mol. The quantitative estimate of drug-likeness (QED) is 0.916. The molecule has 7 heteroatoms. The average Bonchev–Trinajstić information content (AvgIpc) is 3.23. The van der Waals surface area contributed by atoms with Crippen LogP contribution in [-0.4, -0.2) is 46.0 Å². The molecule has 2 atom stereocenters. The van der Waals surface area contributed by atoms with Crippen LogP contribution in [0.5, 0.6) is 0 Å². The molecule has 2 aromatic rings. The second kappa shape index (κ2) is 7.19. The summed E-state index contributed by atoms with van der Waals surface area (Å²) in [5, 5.41) is 14.2. The summed E-state index contributed by atoms with van der Waals surface area (Å²) in [4.78, 5) is 6.67. The second-order valence-corrected chi connectivity index (χ2v) is 6.82. The highest BCUT2D eigenvalue weighted by molar-refractivity contribution is 5.21. The van der Waals surface area contributed by atoms with Gasteiger partial charge in [0.1, 0.15) is 5.82 Å². The molecule has 2 aliphatic heterocycles. The largest absolute Gasteiger partial charge is 0.392 e. The maximum atomic E-state index is 13.2. The number of aliphatic hydroxyl groups is 1. The molecule has 25 heavy (non-hydrogen) atoms. The number of hydrogen-bond donors (Lipinski definition) is 1. The standard InChI is InChI=1S/C18H22FN3O3/c19-14-3-1-12(2-4-14)16-9-15(23)10-22(16)11-17-20-18(25-21-17)13-5-7-24-8-6-13/h1-4,13,15-16,23H,5-11H2/t15-,16+/m1/s1. The normalized spacial score (nSPS) is 25.5. The summed E-state index contributed by atoms with van der Waals surface area (Å²) >= 11 is 0. The number of ether oxygens (including phenoxy) is 1. The number of nitrogens with zero attached hydrogens (tertiary/aromatic N) is 3. The lowest BCUT2D eigenvalue weighted by atomic mass is 10.0. The first-order valence-electron chi connectivity index (χ1n) is 8.77. The van der Waals surface area contributed by atoms with E-state index in [1.807, 2.05) is 0 Å². The Balaban J connectivity index is 1.47. The summed E-state index contributed by atoms with van der Waals surface area (Å²) in [6.07, 6.45) is 2.03. The first-order valence-corrected chi connectivity index (χ1v) is 8.77. The van der Waals surface area contributed by atoms with E-state index in [4.69, 9.17) is 9.26 Å². The lowest BCUT2D eigenvalue weighted by molar-refractivity contribution is 0.0778. The van der Waals surface area contributed by atoms with Crippen LogP contribution in [-0.2, 0) is 11.3 Å². The maximum absolute atomic E-state index is 13.2. The Bertz CT molecular complexity index is 700. The van der Waals surface area contributed by atoms with Gasteiger partial charge in [-0.1, -0.05) is 17.3 Å². The van der Waals surface area contributed by atoms with E-state index in [-0.39, 0.29) is 17.8 Å². The lowest BCUT2D eigenvalue weighted by Crippen LogP contribution is -2.25. The van der Waals surface area contributed by atoms with Crippen LogP contribution in [0, 0.1) is 5.82 Å². The number of rotatable bonds is 4. The average molecular weight is 347 g/mol. The molecule has 0 spiro atoms. The highest BCUT2D eigenvalue weighted by atomic mass is 19.1. The molecule has 4 rings (SSSR count). The predicted molar refractivity (Wildman–Crippen MR) is 87.3 cm³/mol. The molecule has 0 unspecified atom stereocenters. The number of likely N-dealkylation sites (tertiary alicyclic amines) is 1. The number of halogens is 1. The molecule has 134 valence electrons. The van der Waals surface area contributed by atoms with E-state index in [0.717, 1.165) is 31.6 Å². The van der Waals surface area contributed by atoms with E-state index in [1.54, 1.807) is 12.1 Å². The van der Waals surface area contributed by atoms with Gasteiger partial charge in [-0.15, -0.1) is 0 Å². The van der Waals surface area contributed by atoms with Crippen LogP contribution >= 0.6 is 0 Å². The van der Waals surface area contributed by atoms with Gasteiger partial charge in [-0.05, 0) is 37.0 Å². The second-order valence-electron chi connectivity index (χ2n) is 6.82. The zero-order valence-corrected chi connectivity index (χ0v) is 14.0. The van der Waals surface area contributed by atoms with Crippen molar-refractivity contribution >= 4 is 0 Å². The van der Waals surface area contributed by atoms with Crippen molar-refractivity contribution in [1.82, 2.24) is 15.0 Å². The molecule has 1 aromatic carbocycles. The van der Waals surface area contributed by atoms with Gasteiger partial charge in [0.2, 0.25) is 5.89 Å². The van der Waals surface area contributed by atoms with Crippen molar-refractivity contribution in [1.29, 1.82) is 0 Å². The van der Waals surface area contributed by atoms with E-state index in [1.165, 1.54) is 12.1 Å². The zero-order valence-electron chi connectivity index (χ0n) is 14.0. The predicted octanol–water partition coefficient (Wildman–Crippen LogP) is 2.41. The minimum absolute atomic E-state index is 0.0284. The minimum Gasteiger partial charge on any atom is -0.392 e. The smallest absolute Gasteiger partial charge is 0.229 e. The third-order valence-electron chi connectivity index (χ3n) is 5.03. The fraction of sp³-hybridized carbons (Fsp3) is 0.556. The fourth-order valence-electron chi connectivity index (χ4n) is 3.71. The minimum atomic E-state index is -0.406. The SMILES string of the molecule is O[C@@H]1C[C@@H](c2ccc(F)cc2)N(Cc2noc(C3CCOCC3)n2)C1. The van der Waals surface area contributed by atoms with Crippen molar-refractivity contribution in [3.05, 3.63) is 47.4 Å². The van der Waals surface area contributed by atoms with Crippen LogP contribution in [0.4, 0.5) is 4.39 Å². The van der Waals surface area contributed by atoms with Gasteiger partial charge in [0.15, 0.2) is 5.82 Å². The Hall–Kier alpha value is -1.83. The van der Waals surface area contributed by atoms with Crippen LogP contribution in [0.3, 0.4) is 0 Å². The van der Waals surface area contributed by atoms with Gasteiger partial charge in [-0.3, -0.25) is 4.90 Å². The van der Waals surface area contributed by atoms with E-state index in [2.05, 4.69) is 15.0 Å². The topological polar surface area (TPSA) is 71.6 Å². The summed E-state index contributed by atoms with van der Waals surface area (Å²) in [6, 6.07) is 6.48. The molecule has 0 bridgehead atoms. The van der Waals surface area contributed by atoms with Gasteiger partial charge in [0.05, 0.1) is 12.6 Å². The first-order chi connectivity index (χ1) is 12.2. The fourth-order valence-corrected chi connectivity index (χ4v) is 3.71. The molecular formula is C18H22FN3O3. The molecule has 2 aliphatic rings. The molecule has 0 saturated carbocycles. The molecule has 2 fully saturated rings. The van der Waals surface area contributed by atoms with Crippen molar-refractivity contribution < 1.29 is 18.8 Å². The Labute approximate surface area is 145 Å². The third kappa shape index (κ3) is 3.73. The molecule has 6 nitrogen and oxygen atoms in total. The number of aromatic nitrogens is 2. The number of benzene rings is 1. The summed E-state index contributed by atoms with van der Waals surface area (Å²) < 4.78 is 24.0. The van der Waals surface area contributed by atoms with Crippen molar-refractivity contribution in [2.75, 3.05) is 19.8 Å². The van der Waals surface area contributed by atoms with Crippen molar-refractivity contribution in [2.45, 2.75) is 43.9 Å². The molecule has 1 N–H and O–H groups in total. The molecule has 0 aliphatic carbocycles. The third-order valence-corrected chi connectivity index (χ3v) is 5.03. The Kier molecular flexibility index (Phi) is 4.78. The Morgan fingerprint density at radius 1 is 1.20 bits per heavy atom. The van der Waals surface area contributed by atoms with Crippen LogP contribution in [0.25, 0.3) is 0 Å². The van der Waals surface area contributed by atoms with Gasteiger partial charge in [-0.25, -0.2) is 4.39 Å². The van der Waals surface area contributed by atoms with Crippen molar-refractivity contribution in [2.24, 2.45) is 0 Å².